The minimum absolute atomic E-state index is 0.234. The Morgan fingerprint density at radius 3 is 2.48 bits per heavy atom. The van der Waals surface area contributed by atoms with Crippen molar-refractivity contribution in [2.24, 2.45) is 0 Å². The summed E-state index contributed by atoms with van der Waals surface area (Å²) in [6.07, 6.45) is 2.60. The molecule has 2 heterocycles. The zero-order chi connectivity index (χ0) is 20.8. The molecule has 3 aromatic rings. The molecule has 0 bridgehead atoms. The summed E-state index contributed by atoms with van der Waals surface area (Å²) >= 11 is 0. The van der Waals surface area contributed by atoms with E-state index in [0.717, 1.165) is 18.5 Å². The lowest BCUT2D eigenvalue weighted by atomic mass is 10.2. The van der Waals surface area contributed by atoms with Crippen LogP contribution in [-0.4, -0.2) is 65.2 Å². The third-order valence-electron chi connectivity index (χ3n) is 4.63. The van der Waals surface area contributed by atoms with Gasteiger partial charge in [-0.15, -0.1) is 0 Å². The number of imidazole rings is 1. The van der Waals surface area contributed by atoms with Crippen molar-refractivity contribution in [3.05, 3.63) is 71.8 Å². The Bertz CT molecular complexity index is 981. The zero-order valence-electron chi connectivity index (χ0n) is 17.1. The van der Waals surface area contributed by atoms with E-state index in [-0.39, 0.29) is 23.3 Å². The molecule has 0 atom stereocenters. The van der Waals surface area contributed by atoms with Crippen molar-refractivity contribution in [3.63, 3.8) is 0 Å². The second-order valence-electron chi connectivity index (χ2n) is 7.30. The molecular weight excluding hydrogens is 366 g/mol. The maximum Gasteiger partial charge on any atom is 0.290 e. The molecule has 0 aliphatic carbocycles. The molecule has 0 radical (unpaired) electrons. The second kappa shape index (κ2) is 9.34. The highest BCUT2D eigenvalue weighted by Crippen LogP contribution is 2.15. The van der Waals surface area contributed by atoms with E-state index >= 15 is 0 Å². The van der Waals surface area contributed by atoms with Crippen molar-refractivity contribution in [2.45, 2.75) is 13.0 Å². The first-order chi connectivity index (χ1) is 14.0. The smallest absolute Gasteiger partial charge is 0.290 e. The molecule has 1 aromatic carbocycles. The molecule has 0 aliphatic rings. The van der Waals surface area contributed by atoms with Gasteiger partial charge < -0.3 is 15.1 Å². The number of nitrogens with one attached hydrogen (secondary N) is 1. The molecule has 0 unspecified atom stereocenters. The highest BCUT2D eigenvalue weighted by atomic mass is 16.2. The molecule has 0 spiro atoms. The highest BCUT2D eigenvalue weighted by Gasteiger charge is 2.23. The van der Waals surface area contributed by atoms with Gasteiger partial charge >= 0.3 is 0 Å². The van der Waals surface area contributed by atoms with Gasteiger partial charge in [-0.25, -0.2) is 4.98 Å². The summed E-state index contributed by atoms with van der Waals surface area (Å²) < 4.78 is 1.68. The van der Waals surface area contributed by atoms with Crippen LogP contribution in [-0.2, 0) is 6.54 Å². The van der Waals surface area contributed by atoms with Gasteiger partial charge in [-0.3, -0.25) is 14.0 Å². The third kappa shape index (κ3) is 5.00. The number of carbonyl (C=O) groups is 2. The van der Waals surface area contributed by atoms with Crippen LogP contribution in [0.3, 0.4) is 0 Å². The minimum Gasteiger partial charge on any atom is -0.351 e. The van der Waals surface area contributed by atoms with E-state index in [2.05, 4.69) is 15.2 Å². The van der Waals surface area contributed by atoms with Crippen LogP contribution in [0.1, 0.15) is 33.1 Å². The number of hydrogen-bond acceptors (Lipinski definition) is 4. The number of pyridine rings is 1. The van der Waals surface area contributed by atoms with Crippen LogP contribution in [0.5, 0.6) is 0 Å². The van der Waals surface area contributed by atoms with E-state index in [0.29, 0.717) is 18.6 Å². The van der Waals surface area contributed by atoms with Gasteiger partial charge in [0.25, 0.3) is 11.8 Å². The van der Waals surface area contributed by atoms with Crippen molar-refractivity contribution >= 4 is 17.3 Å². The first-order valence-electron chi connectivity index (χ1n) is 9.67. The second-order valence-corrected chi connectivity index (χ2v) is 7.30. The lowest BCUT2D eigenvalue weighted by Crippen LogP contribution is -2.29. The monoisotopic (exact) mass is 393 g/mol. The number of fused-ring (bicyclic) bond motifs is 1. The van der Waals surface area contributed by atoms with Crippen molar-refractivity contribution in [2.75, 3.05) is 34.2 Å². The number of amides is 2. The topological polar surface area (TPSA) is 70.0 Å². The largest absolute Gasteiger partial charge is 0.351 e. The average molecular weight is 393 g/mol. The summed E-state index contributed by atoms with van der Waals surface area (Å²) in [6.45, 7) is 1.91. The van der Waals surface area contributed by atoms with Crippen LogP contribution in [0.25, 0.3) is 5.52 Å². The molecular formula is C22H27N5O2. The lowest BCUT2D eigenvalue weighted by Gasteiger charge is -2.16. The normalized spacial score (nSPS) is 11.0. The van der Waals surface area contributed by atoms with E-state index in [4.69, 9.17) is 0 Å². The summed E-state index contributed by atoms with van der Waals surface area (Å²) in [4.78, 5) is 33.8. The number of benzene rings is 1. The van der Waals surface area contributed by atoms with Crippen molar-refractivity contribution in [1.29, 1.82) is 0 Å². The van der Waals surface area contributed by atoms with Crippen LogP contribution in [0.4, 0.5) is 0 Å². The predicted octanol–water partition coefficient (Wildman–Crippen LogP) is 2.29. The van der Waals surface area contributed by atoms with Crippen LogP contribution < -0.4 is 5.32 Å². The Labute approximate surface area is 171 Å². The number of hydrogen-bond donors (Lipinski definition) is 1. The van der Waals surface area contributed by atoms with Crippen molar-refractivity contribution in [3.8, 4) is 0 Å². The van der Waals surface area contributed by atoms with Gasteiger partial charge in [-0.1, -0.05) is 36.4 Å². The Hall–Kier alpha value is -3.19. The molecule has 1 N–H and O–H groups in total. The van der Waals surface area contributed by atoms with Gasteiger partial charge in [0.05, 0.1) is 5.52 Å². The Balaban J connectivity index is 1.80. The Morgan fingerprint density at radius 2 is 1.76 bits per heavy atom. The summed E-state index contributed by atoms with van der Waals surface area (Å²) in [7, 11) is 5.73. The molecule has 0 saturated heterocycles. The quantitative estimate of drug-likeness (QED) is 0.596. The molecule has 0 saturated carbocycles. The summed E-state index contributed by atoms with van der Waals surface area (Å²) in [6, 6.07) is 15.2. The van der Waals surface area contributed by atoms with Crippen LogP contribution >= 0.6 is 0 Å². The maximum atomic E-state index is 13.0. The highest BCUT2D eigenvalue weighted by molar-refractivity contribution is 6.02. The van der Waals surface area contributed by atoms with E-state index < -0.39 is 0 Å². The first kappa shape index (κ1) is 20.5. The molecule has 29 heavy (non-hydrogen) atoms. The standard InChI is InChI=1S/C22H27N5O2/c1-25(2)14-9-13-23-21(28)19-18-12-7-8-15-27(18)20(24-19)22(29)26(3)16-17-10-5-4-6-11-17/h4-8,10-12,15H,9,13-14,16H2,1-3H3,(H,23,28). The molecule has 152 valence electrons. The predicted molar refractivity (Wildman–Crippen MR) is 113 cm³/mol. The Morgan fingerprint density at radius 1 is 1.03 bits per heavy atom. The fourth-order valence-electron chi connectivity index (χ4n) is 3.14. The third-order valence-corrected chi connectivity index (χ3v) is 4.63. The van der Waals surface area contributed by atoms with Crippen LogP contribution in [0.15, 0.2) is 54.7 Å². The van der Waals surface area contributed by atoms with Gasteiger partial charge in [0.15, 0.2) is 5.69 Å². The Kier molecular flexibility index (Phi) is 6.61. The van der Waals surface area contributed by atoms with E-state index in [1.807, 2.05) is 56.6 Å². The minimum atomic E-state index is -0.266. The van der Waals surface area contributed by atoms with Gasteiger partial charge in [-0.2, -0.15) is 0 Å². The molecule has 7 nitrogen and oxygen atoms in total. The number of rotatable bonds is 8. The average Bonchev–Trinajstić information content (AvgIpc) is 3.11. The molecule has 0 aliphatic heterocycles. The van der Waals surface area contributed by atoms with Gasteiger partial charge in [0, 0.05) is 26.3 Å². The van der Waals surface area contributed by atoms with Crippen LogP contribution in [0.2, 0.25) is 0 Å². The van der Waals surface area contributed by atoms with Crippen molar-refractivity contribution < 1.29 is 9.59 Å². The lowest BCUT2D eigenvalue weighted by molar-refractivity contribution is 0.0772. The number of nitrogens with zero attached hydrogens (tertiary/aromatic N) is 4. The number of aromatic nitrogens is 2. The number of carbonyl (C=O) groups excluding carboxylic acids is 2. The molecule has 3 rings (SSSR count). The molecule has 2 aromatic heterocycles. The maximum absolute atomic E-state index is 13.0. The van der Waals surface area contributed by atoms with Crippen LogP contribution in [0, 0.1) is 0 Å². The molecule has 2 amide bonds. The zero-order valence-corrected chi connectivity index (χ0v) is 17.1. The van der Waals surface area contributed by atoms with E-state index in [1.165, 1.54) is 0 Å². The van der Waals surface area contributed by atoms with Gasteiger partial charge in [0.2, 0.25) is 5.82 Å². The summed E-state index contributed by atoms with van der Waals surface area (Å²) in [5.74, 6) is -0.267. The SMILES string of the molecule is CN(C)CCCNC(=O)c1nc(C(=O)N(C)Cc2ccccc2)n2ccccc12. The summed E-state index contributed by atoms with van der Waals surface area (Å²) in [5.41, 5.74) is 1.92. The summed E-state index contributed by atoms with van der Waals surface area (Å²) in [5, 5.41) is 2.90. The fourth-order valence-corrected chi connectivity index (χ4v) is 3.14. The molecule has 7 heteroatoms. The van der Waals surface area contributed by atoms with Crippen molar-refractivity contribution in [1.82, 2.24) is 24.5 Å². The molecule has 0 fully saturated rings. The van der Waals surface area contributed by atoms with Gasteiger partial charge in [-0.05, 0) is 44.8 Å². The fraction of sp³-hybridized carbons (Fsp3) is 0.318. The van der Waals surface area contributed by atoms with E-state index in [9.17, 15) is 9.59 Å². The van der Waals surface area contributed by atoms with Gasteiger partial charge in [0.1, 0.15) is 0 Å². The van der Waals surface area contributed by atoms with E-state index in [1.54, 1.807) is 28.6 Å². The first-order valence-corrected chi connectivity index (χ1v) is 9.67.